The molecule has 2 aliphatic heterocycles. The van der Waals surface area contributed by atoms with Crippen LogP contribution >= 0.6 is 0 Å². The van der Waals surface area contributed by atoms with E-state index in [1.54, 1.807) is 0 Å². The van der Waals surface area contributed by atoms with Crippen molar-refractivity contribution in [1.29, 1.82) is 0 Å². The molecule has 17 heavy (non-hydrogen) atoms. The fourth-order valence-electron chi connectivity index (χ4n) is 3.12. The average molecular weight is 241 g/mol. The molecule has 0 amide bonds. The maximum atomic E-state index is 11.5. The molecule has 0 radical (unpaired) electrons. The lowest BCUT2D eigenvalue weighted by Crippen LogP contribution is -2.67. The molecule has 2 rings (SSSR count). The minimum absolute atomic E-state index is 0.350. The Morgan fingerprint density at radius 1 is 1.41 bits per heavy atom. The fourth-order valence-corrected chi connectivity index (χ4v) is 3.12. The first-order valence-corrected chi connectivity index (χ1v) is 6.59. The Morgan fingerprint density at radius 2 is 2.00 bits per heavy atom. The second-order valence-electron chi connectivity index (χ2n) is 5.80. The van der Waals surface area contributed by atoms with Crippen molar-refractivity contribution in [2.24, 2.45) is 5.41 Å². The average Bonchev–Trinajstić information content (AvgIpc) is 2.27. The largest absolute Gasteiger partial charge is 0.480 e. The number of hydrogen-bond acceptors (Lipinski definition) is 3. The quantitative estimate of drug-likeness (QED) is 0.814. The maximum absolute atomic E-state index is 11.5. The van der Waals surface area contributed by atoms with Gasteiger partial charge in [0.05, 0.1) is 0 Å². The molecule has 0 aromatic carbocycles. The van der Waals surface area contributed by atoms with Gasteiger partial charge in [0.1, 0.15) is 5.54 Å². The summed E-state index contributed by atoms with van der Waals surface area (Å²) >= 11 is 0. The number of rotatable bonds is 4. The minimum Gasteiger partial charge on any atom is -0.480 e. The van der Waals surface area contributed by atoms with Crippen LogP contribution in [-0.4, -0.2) is 47.8 Å². The van der Waals surface area contributed by atoms with Crippen LogP contribution in [-0.2, 0) is 9.53 Å². The van der Waals surface area contributed by atoms with Crippen molar-refractivity contribution in [1.82, 2.24) is 4.90 Å². The van der Waals surface area contributed by atoms with E-state index in [4.69, 9.17) is 4.74 Å². The normalized spacial score (nSPS) is 27.4. The number of nitrogens with zero attached hydrogens (tertiary/aromatic N) is 1. The van der Waals surface area contributed by atoms with Crippen molar-refractivity contribution in [2.75, 3.05) is 26.3 Å². The van der Waals surface area contributed by atoms with Gasteiger partial charge in [0.2, 0.25) is 0 Å². The van der Waals surface area contributed by atoms with E-state index in [1.165, 1.54) is 0 Å². The highest BCUT2D eigenvalue weighted by atomic mass is 16.5. The topological polar surface area (TPSA) is 49.8 Å². The summed E-state index contributed by atoms with van der Waals surface area (Å²) in [4.78, 5) is 13.6. The highest BCUT2D eigenvalue weighted by molar-refractivity contribution is 5.78. The van der Waals surface area contributed by atoms with Crippen LogP contribution in [0.4, 0.5) is 0 Å². The molecule has 2 fully saturated rings. The number of carboxylic acids is 1. The highest BCUT2D eigenvalue weighted by Gasteiger charge is 2.52. The first kappa shape index (κ1) is 12.8. The van der Waals surface area contributed by atoms with E-state index in [0.717, 1.165) is 52.0 Å². The van der Waals surface area contributed by atoms with Crippen LogP contribution in [0.2, 0.25) is 0 Å². The third-order valence-electron chi connectivity index (χ3n) is 4.50. The molecule has 2 aliphatic rings. The van der Waals surface area contributed by atoms with Gasteiger partial charge in [-0.05, 0) is 26.2 Å². The molecule has 4 heteroatoms. The van der Waals surface area contributed by atoms with E-state index >= 15 is 0 Å². The molecule has 0 aliphatic carbocycles. The lowest BCUT2D eigenvalue weighted by molar-refractivity contribution is -0.169. The third-order valence-corrected chi connectivity index (χ3v) is 4.50. The van der Waals surface area contributed by atoms with Gasteiger partial charge >= 0.3 is 5.97 Å². The van der Waals surface area contributed by atoms with Crippen LogP contribution in [0, 0.1) is 5.41 Å². The number of ether oxygens (including phenoxy) is 1. The predicted molar refractivity (Wildman–Crippen MR) is 65.0 cm³/mol. The summed E-state index contributed by atoms with van der Waals surface area (Å²) in [5.41, 5.74) is -0.318. The van der Waals surface area contributed by atoms with E-state index < -0.39 is 11.5 Å². The van der Waals surface area contributed by atoms with E-state index in [9.17, 15) is 9.90 Å². The molecule has 1 atom stereocenters. The summed E-state index contributed by atoms with van der Waals surface area (Å²) in [6, 6.07) is 0. The molecule has 1 spiro atoms. The van der Waals surface area contributed by atoms with Gasteiger partial charge in [-0.25, -0.2) is 0 Å². The van der Waals surface area contributed by atoms with Gasteiger partial charge in [-0.2, -0.15) is 0 Å². The summed E-state index contributed by atoms with van der Waals surface area (Å²) in [6.45, 7) is 7.45. The van der Waals surface area contributed by atoms with Gasteiger partial charge < -0.3 is 9.84 Å². The predicted octanol–water partition coefficient (Wildman–Crippen LogP) is 1.74. The van der Waals surface area contributed by atoms with Gasteiger partial charge in [-0.1, -0.05) is 13.3 Å². The second kappa shape index (κ2) is 4.58. The van der Waals surface area contributed by atoms with Gasteiger partial charge in [-0.3, -0.25) is 9.69 Å². The number of aliphatic carboxylic acids is 1. The summed E-state index contributed by atoms with van der Waals surface area (Å²) in [5.74, 6) is -0.679. The molecule has 98 valence electrons. The van der Waals surface area contributed by atoms with Crippen LogP contribution in [0.3, 0.4) is 0 Å². The molecule has 0 saturated carbocycles. The molecule has 0 aromatic rings. The molecule has 2 saturated heterocycles. The number of likely N-dealkylation sites (tertiary alicyclic amines) is 1. The Hall–Kier alpha value is -0.610. The Morgan fingerprint density at radius 3 is 2.47 bits per heavy atom. The zero-order chi connectivity index (χ0) is 12.5. The van der Waals surface area contributed by atoms with Crippen molar-refractivity contribution in [3.8, 4) is 0 Å². The lowest BCUT2D eigenvalue weighted by Gasteiger charge is -2.57. The summed E-state index contributed by atoms with van der Waals surface area (Å²) in [6.07, 6.45) is 3.82. The Bertz CT molecular complexity index is 291. The van der Waals surface area contributed by atoms with E-state index in [-0.39, 0.29) is 0 Å². The van der Waals surface area contributed by atoms with Gasteiger partial charge in [0.25, 0.3) is 0 Å². The second-order valence-corrected chi connectivity index (χ2v) is 5.80. The Balaban J connectivity index is 1.98. The van der Waals surface area contributed by atoms with E-state index in [2.05, 4.69) is 4.90 Å². The third kappa shape index (κ3) is 2.20. The minimum atomic E-state index is -0.679. The van der Waals surface area contributed by atoms with E-state index in [1.807, 2.05) is 13.8 Å². The number of hydrogen-bond donors (Lipinski definition) is 1. The molecular formula is C13H23NO3. The van der Waals surface area contributed by atoms with Crippen molar-refractivity contribution in [2.45, 2.75) is 45.1 Å². The number of carboxylic acid groups (broad SMARTS) is 1. The van der Waals surface area contributed by atoms with Gasteiger partial charge in [0.15, 0.2) is 0 Å². The molecule has 2 heterocycles. The standard InChI is InChI=1S/C13H23NO3/c1-3-4-12(2,11(15)16)14-9-13(10-14)5-7-17-8-6-13/h3-10H2,1-2H3,(H,15,16). The highest BCUT2D eigenvalue weighted by Crippen LogP contribution is 2.44. The van der Waals surface area contributed by atoms with Crippen LogP contribution in [0.5, 0.6) is 0 Å². The van der Waals surface area contributed by atoms with Crippen LogP contribution in [0.25, 0.3) is 0 Å². The zero-order valence-electron chi connectivity index (χ0n) is 10.9. The van der Waals surface area contributed by atoms with Crippen LogP contribution in [0.1, 0.15) is 39.5 Å². The van der Waals surface area contributed by atoms with Crippen molar-refractivity contribution >= 4 is 5.97 Å². The first-order chi connectivity index (χ1) is 8.02. The first-order valence-electron chi connectivity index (χ1n) is 6.59. The lowest BCUT2D eigenvalue weighted by atomic mass is 9.70. The van der Waals surface area contributed by atoms with Crippen molar-refractivity contribution in [3.63, 3.8) is 0 Å². The molecule has 0 aromatic heterocycles. The van der Waals surface area contributed by atoms with Gasteiger partial charge in [0, 0.05) is 31.7 Å². The maximum Gasteiger partial charge on any atom is 0.323 e. The monoisotopic (exact) mass is 241 g/mol. The smallest absolute Gasteiger partial charge is 0.323 e. The number of carbonyl (C=O) groups is 1. The van der Waals surface area contributed by atoms with E-state index in [0.29, 0.717) is 5.41 Å². The molecule has 1 unspecified atom stereocenters. The summed E-state index contributed by atoms with van der Waals surface area (Å²) in [7, 11) is 0. The van der Waals surface area contributed by atoms with Crippen LogP contribution < -0.4 is 0 Å². The van der Waals surface area contributed by atoms with Crippen molar-refractivity contribution in [3.05, 3.63) is 0 Å². The summed E-state index contributed by atoms with van der Waals surface area (Å²) in [5, 5.41) is 9.42. The summed E-state index contributed by atoms with van der Waals surface area (Å²) < 4.78 is 5.38. The van der Waals surface area contributed by atoms with Gasteiger partial charge in [-0.15, -0.1) is 0 Å². The van der Waals surface area contributed by atoms with Crippen molar-refractivity contribution < 1.29 is 14.6 Å². The molecule has 1 N–H and O–H groups in total. The Kier molecular flexibility index (Phi) is 3.46. The van der Waals surface area contributed by atoms with Crippen LogP contribution in [0.15, 0.2) is 0 Å². The molecule has 0 bridgehead atoms. The molecule has 4 nitrogen and oxygen atoms in total. The zero-order valence-corrected chi connectivity index (χ0v) is 10.9. The SMILES string of the molecule is CCCC(C)(C(=O)O)N1CC2(CCOCC2)C1. The molecular weight excluding hydrogens is 218 g/mol. The Labute approximate surface area is 103 Å². The fraction of sp³-hybridized carbons (Fsp3) is 0.923.